The number of rotatable bonds is 2. The van der Waals surface area contributed by atoms with Gasteiger partial charge in [0.05, 0.1) is 0 Å². The summed E-state index contributed by atoms with van der Waals surface area (Å²) in [6.07, 6.45) is 15.9. The summed E-state index contributed by atoms with van der Waals surface area (Å²) >= 11 is 0.0833. The van der Waals surface area contributed by atoms with E-state index in [1.54, 1.807) is 7.76 Å². The van der Waals surface area contributed by atoms with Gasteiger partial charge in [0, 0.05) is 0 Å². The minimum atomic E-state index is 0. The molecule has 2 aliphatic carbocycles. The first-order chi connectivity index (χ1) is 5.45. The summed E-state index contributed by atoms with van der Waals surface area (Å²) in [6.45, 7) is 0. The molecule has 13 heavy (non-hydrogen) atoms. The first-order valence-electron chi connectivity index (χ1n) is 3.93. The Labute approximate surface area is 92.9 Å². The van der Waals surface area contributed by atoms with Crippen LogP contribution in [0.1, 0.15) is 12.8 Å². The summed E-state index contributed by atoms with van der Waals surface area (Å²) < 4.78 is 3.36. The fraction of sp³-hybridized carbons (Fsp3) is 0.200. The summed E-state index contributed by atoms with van der Waals surface area (Å²) in [4.78, 5) is 0. The van der Waals surface area contributed by atoms with Crippen LogP contribution in [0.3, 0.4) is 0 Å². The summed E-state index contributed by atoms with van der Waals surface area (Å²) in [5.41, 5.74) is 0. The normalized spacial score (nSPS) is 16.9. The Hall–Kier alpha value is -0.196. The number of hydrogen-bond acceptors (Lipinski definition) is 0. The van der Waals surface area contributed by atoms with Gasteiger partial charge in [0.2, 0.25) is 0 Å². The Kier molecular flexibility index (Phi) is 6.19. The van der Waals surface area contributed by atoms with Gasteiger partial charge in [-0.25, -0.2) is 0 Å². The van der Waals surface area contributed by atoms with Gasteiger partial charge >= 0.3 is 76.2 Å². The first-order valence-corrected chi connectivity index (χ1v) is 5.50. The fourth-order valence-corrected chi connectivity index (χ4v) is 3.18. The molecular formula is C10H18B2Ti. The molecule has 0 aromatic carbocycles. The molecule has 0 fully saturated rings. The number of hydrogen-bond donors (Lipinski definition) is 0. The number of allylic oxidation sites excluding steroid dienone is 8. The van der Waals surface area contributed by atoms with Gasteiger partial charge in [0.1, 0.15) is 0 Å². The van der Waals surface area contributed by atoms with E-state index < -0.39 is 0 Å². The van der Waals surface area contributed by atoms with Crippen molar-refractivity contribution in [1.82, 2.24) is 0 Å². The minimum absolute atomic E-state index is 0. The van der Waals surface area contributed by atoms with E-state index in [0.717, 1.165) is 0 Å². The molecule has 2 rings (SSSR count). The molecule has 0 amide bonds. The van der Waals surface area contributed by atoms with Crippen LogP contribution in [0.4, 0.5) is 0 Å². The molecule has 0 atom stereocenters. The first kappa shape index (κ1) is 12.8. The molecule has 0 nitrogen and oxygen atoms in total. The van der Waals surface area contributed by atoms with Crippen LogP contribution < -0.4 is 0 Å². The molecule has 0 saturated carbocycles. The summed E-state index contributed by atoms with van der Waals surface area (Å²) in [6, 6.07) is 0. The molecule has 0 bridgehead atoms. The molecule has 68 valence electrons. The smallest absolute Gasteiger partial charge is 0.0626 e. The van der Waals surface area contributed by atoms with Gasteiger partial charge in [0.25, 0.3) is 0 Å². The van der Waals surface area contributed by atoms with Gasteiger partial charge in [-0.1, -0.05) is 16.8 Å². The van der Waals surface area contributed by atoms with Gasteiger partial charge in [-0.15, -0.1) is 0 Å². The van der Waals surface area contributed by atoms with Gasteiger partial charge in [-0.2, -0.15) is 0 Å². The Bertz CT molecular complexity index is 247. The second-order valence-electron chi connectivity index (χ2n) is 2.77. The summed E-state index contributed by atoms with van der Waals surface area (Å²) in [7, 11) is 0. The van der Waals surface area contributed by atoms with E-state index >= 15 is 0 Å². The Morgan fingerprint density at radius 3 is 1.62 bits per heavy atom. The van der Waals surface area contributed by atoms with Gasteiger partial charge in [0.15, 0.2) is 0 Å². The van der Waals surface area contributed by atoms with E-state index in [9.17, 15) is 0 Å². The summed E-state index contributed by atoms with van der Waals surface area (Å²) in [5, 5.41) is 0. The minimum Gasteiger partial charge on any atom is -0.0626 e. The predicted molar refractivity (Wildman–Crippen MR) is 66.3 cm³/mol. The SMILES string of the molecule is C1=CC[C]([Ti+2][C]2=CC=CC2)=C1.[BH4-].[BH4-]. The van der Waals surface area contributed by atoms with Crippen LogP contribution in [0, 0.1) is 0 Å². The van der Waals surface area contributed by atoms with Crippen molar-refractivity contribution in [3.63, 3.8) is 0 Å². The average Bonchev–Trinajstić information content (AvgIpc) is 2.60. The summed E-state index contributed by atoms with van der Waals surface area (Å²) in [5.74, 6) is 0. The zero-order valence-corrected chi connectivity index (χ0v) is 7.94. The average molecular weight is 208 g/mol. The van der Waals surface area contributed by atoms with Crippen molar-refractivity contribution < 1.29 is 19.2 Å². The molecule has 0 saturated heterocycles. The molecular weight excluding hydrogens is 190 g/mol. The zero-order chi connectivity index (χ0) is 7.52. The second kappa shape index (κ2) is 6.29. The molecule has 3 heteroatoms. The van der Waals surface area contributed by atoms with Crippen LogP contribution in [0.2, 0.25) is 0 Å². The third-order valence-corrected chi connectivity index (χ3v) is 4.02. The van der Waals surface area contributed by atoms with Crippen molar-refractivity contribution >= 4 is 16.8 Å². The fourth-order valence-electron chi connectivity index (χ4n) is 1.29. The zero-order valence-electron chi connectivity index (χ0n) is 6.38. The van der Waals surface area contributed by atoms with E-state index in [2.05, 4.69) is 36.5 Å². The standard InChI is InChI=1S/2C5H5.2BH4.Ti/c2*1-2-4-5-3-1;;;/h2*1-3H,4H2;2*1H4;/q;;2*-1;+2. The molecule has 2 aliphatic rings. The second-order valence-corrected chi connectivity index (χ2v) is 5.17. The van der Waals surface area contributed by atoms with E-state index in [0.29, 0.717) is 0 Å². The van der Waals surface area contributed by atoms with E-state index in [4.69, 9.17) is 0 Å². The molecule has 0 aromatic rings. The van der Waals surface area contributed by atoms with Crippen LogP contribution in [0.15, 0.2) is 44.2 Å². The monoisotopic (exact) mass is 208 g/mol. The molecule has 0 aromatic heterocycles. The third kappa shape index (κ3) is 3.58. The molecule has 0 unspecified atom stereocenters. The van der Waals surface area contributed by atoms with Gasteiger partial charge in [-0.3, -0.25) is 0 Å². The maximum atomic E-state index is 2.29. The third-order valence-electron chi connectivity index (χ3n) is 1.86. The van der Waals surface area contributed by atoms with Crippen molar-refractivity contribution in [2.24, 2.45) is 0 Å². The van der Waals surface area contributed by atoms with Crippen LogP contribution >= 0.6 is 0 Å². The van der Waals surface area contributed by atoms with Crippen molar-refractivity contribution in [2.45, 2.75) is 12.8 Å². The van der Waals surface area contributed by atoms with Crippen LogP contribution in [0.5, 0.6) is 0 Å². The quantitative estimate of drug-likeness (QED) is 0.553. The largest absolute Gasteiger partial charge is 0.0626 e. The van der Waals surface area contributed by atoms with E-state index in [1.807, 2.05) is 0 Å². The van der Waals surface area contributed by atoms with Crippen LogP contribution in [0.25, 0.3) is 0 Å². The molecule has 0 spiro atoms. The molecule has 0 N–H and O–H groups in total. The molecule has 0 radical (unpaired) electrons. The molecule has 0 heterocycles. The van der Waals surface area contributed by atoms with Crippen molar-refractivity contribution in [2.75, 3.05) is 0 Å². The predicted octanol–water partition coefficient (Wildman–Crippen LogP) is -0.147. The van der Waals surface area contributed by atoms with Crippen LogP contribution in [-0.4, -0.2) is 16.8 Å². The Balaban J connectivity index is 0.000000720. The maximum absolute atomic E-state index is 2.29. The molecule has 0 aliphatic heterocycles. The van der Waals surface area contributed by atoms with Crippen LogP contribution in [-0.2, 0) is 19.2 Å². The topological polar surface area (TPSA) is 0 Å². The van der Waals surface area contributed by atoms with Gasteiger partial charge in [-0.05, 0) is 0 Å². The van der Waals surface area contributed by atoms with Gasteiger partial charge < -0.3 is 0 Å². The Morgan fingerprint density at radius 2 is 1.31 bits per heavy atom. The van der Waals surface area contributed by atoms with Crippen molar-refractivity contribution in [1.29, 1.82) is 0 Å². The van der Waals surface area contributed by atoms with Crippen molar-refractivity contribution in [3.05, 3.63) is 44.2 Å². The van der Waals surface area contributed by atoms with E-state index in [1.165, 1.54) is 12.8 Å². The Morgan fingerprint density at radius 1 is 0.846 bits per heavy atom. The van der Waals surface area contributed by atoms with E-state index in [-0.39, 0.29) is 36.0 Å². The maximum Gasteiger partial charge on any atom is -0.0626 e. The van der Waals surface area contributed by atoms with Crippen molar-refractivity contribution in [3.8, 4) is 0 Å².